The number of nitrogen functional groups attached to an aromatic ring is 1. The van der Waals surface area contributed by atoms with Crippen LogP contribution in [0, 0.1) is 0 Å². The molecule has 0 amide bonds. The summed E-state index contributed by atoms with van der Waals surface area (Å²) >= 11 is 7.80. The molecule has 114 valence electrons. The average Bonchev–Trinajstić information content (AvgIpc) is 2.86. The zero-order valence-electron chi connectivity index (χ0n) is 11.5. The van der Waals surface area contributed by atoms with E-state index in [1.165, 1.54) is 4.88 Å². The minimum atomic E-state index is 0. The van der Waals surface area contributed by atoms with Gasteiger partial charge in [0.25, 0.3) is 0 Å². The van der Waals surface area contributed by atoms with E-state index in [2.05, 4.69) is 14.9 Å². The van der Waals surface area contributed by atoms with Crippen molar-refractivity contribution in [1.29, 1.82) is 0 Å². The second kappa shape index (κ2) is 7.40. The van der Waals surface area contributed by atoms with Crippen molar-refractivity contribution < 1.29 is 0 Å². The topological polar surface area (TPSA) is 55.0 Å². The summed E-state index contributed by atoms with van der Waals surface area (Å²) in [5.74, 6) is 0.478. The van der Waals surface area contributed by atoms with Crippen molar-refractivity contribution in [2.75, 3.05) is 18.8 Å². The minimum absolute atomic E-state index is 0. The van der Waals surface area contributed by atoms with E-state index < -0.39 is 0 Å². The molecule has 0 spiro atoms. The monoisotopic (exact) mass is 344 g/mol. The number of anilines is 1. The first-order valence-electron chi connectivity index (χ1n) is 6.75. The number of thiazole rings is 1. The Morgan fingerprint density at radius 2 is 2.10 bits per heavy atom. The first-order valence-corrected chi connectivity index (χ1v) is 7.95. The van der Waals surface area contributed by atoms with Crippen LogP contribution in [0.15, 0.2) is 24.5 Å². The third-order valence-corrected chi connectivity index (χ3v) is 4.84. The van der Waals surface area contributed by atoms with Crippen molar-refractivity contribution in [1.82, 2.24) is 14.9 Å². The van der Waals surface area contributed by atoms with Gasteiger partial charge in [-0.2, -0.15) is 0 Å². The predicted molar refractivity (Wildman–Crippen MR) is 90.3 cm³/mol. The van der Waals surface area contributed by atoms with Crippen LogP contribution in [0.4, 0.5) is 5.13 Å². The first-order chi connectivity index (χ1) is 9.72. The second-order valence-corrected chi connectivity index (χ2v) is 6.64. The molecule has 0 aromatic carbocycles. The normalized spacial score (nSPS) is 16.6. The molecule has 2 N–H and O–H groups in total. The van der Waals surface area contributed by atoms with Crippen LogP contribution in [0.2, 0.25) is 5.02 Å². The fourth-order valence-electron chi connectivity index (χ4n) is 2.68. The van der Waals surface area contributed by atoms with E-state index in [1.54, 1.807) is 11.3 Å². The molecular weight excluding hydrogens is 327 g/mol. The van der Waals surface area contributed by atoms with Crippen LogP contribution in [-0.4, -0.2) is 28.0 Å². The summed E-state index contributed by atoms with van der Waals surface area (Å²) in [6.45, 7) is 3.07. The predicted octanol–water partition coefficient (Wildman–Crippen LogP) is 3.58. The standard InChI is InChI=1S/C14H17ClN4S.ClH/c15-12-2-1-5-17-13(12)10-3-6-19(7-4-10)9-11-8-18-14(16)20-11;/h1-2,5,8,10H,3-4,6-7,9H2,(H2,16,18);1H. The highest BCUT2D eigenvalue weighted by Crippen LogP contribution is 2.31. The largest absolute Gasteiger partial charge is 0.375 e. The maximum absolute atomic E-state index is 6.23. The smallest absolute Gasteiger partial charge is 0.180 e. The van der Waals surface area contributed by atoms with Crippen LogP contribution in [0.5, 0.6) is 0 Å². The number of pyridine rings is 1. The van der Waals surface area contributed by atoms with Gasteiger partial charge >= 0.3 is 0 Å². The number of hydrogen-bond donors (Lipinski definition) is 1. The quantitative estimate of drug-likeness (QED) is 0.924. The molecule has 21 heavy (non-hydrogen) atoms. The number of halogens is 2. The Labute approximate surface area is 139 Å². The fraction of sp³-hybridized carbons (Fsp3) is 0.429. The zero-order valence-corrected chi connectivity index (χ0v) is 13.9. The minimum Gasteiger partial charge on any atom is -0.375 e. The summed E-state index contributed by atoms with van der Waals surface area (Å²) in [4.78, 5) is 12.2. The summed E-state index contributed by atoms with van der Waals surface area (Å²) < 4.78 is 0. The van der Waals surface area contributed by atoms with E-state index >= 15 is 0 Å². The van der Waals surface area contributed by atoms with Gasteiger partial charge in [-0.05, 0) is 38.1 Å². The Kier molecular flexibility index (Phi) is 5.81. The fourth-order valence-corrected chi connectivity index (χ4v) is 3.68. The lowest BCUT2D eigenvalue weighted by Crippen LogP contribution is -2.32. The highest BCUT2D eigenvalue weighted by Gasteiger charge is 2.23. The first kappa shape index (κ1) is 16.5. The second-order valence-electron chi connectivity index (χ2n) is 5.09. The molecule has 3 heterocycles. The van der Waals surface area contributed by atoms with Gasteiger partial charge in [-0.3, -0.25) is 9.88 Å². The number of rotatable bonds is 3. The Bertz CT molecular complexity index is 582. The van der Waals surface area contributed by atoms with Crippen LogP contribution in [0.1, 0.15) is 29.3 Å². The molecule has 7 heteroatoms. The van der Waals surface area contributed by atoms with Gasteiger partial charge in [-0.25, -0.2) is 4.98 Å². The third kappa shape index (κ3) is 4.07. The van der Waals surface area contributed by atoms with Crippen molar-refractivity contribution in [3.8, 4) is 0 Å². The van der Waals surface area contributed by atoms with Crippen molar-refractivity contribution in [3.05, 3.63) is 40.1 Å². The van der Waals surface area contributed by atoms with E-state index in [9.17, 15) is 0 Å². The van der Waals surface area contributed by atoms with Gasteiger partial charge in [0.1, 0.15) is 0 Å². The molecule has 1 aliphatic heterocycles. The molecule has 2 aromatic heterocycles. The summed E-state index contributed by atoms with van der Waals surface area (Å²) in [5.41, 5.74) is 6.72. The van der Waals surface area contributed by atoms with Gasteiger partial charge < -0.3 is 5.73 Å². The molecule has 1 aliphatic rings. The van der Waals surface area contributed by atoms with E-state index in [0.717, 1.165) is 43.2 Å². The maximum Gasteiger partial charge on any atom is 0.180 e. The molecule has 0 atom stereocenters. The number of hydrogen-bond acceptors (Lipinski definition) is 5. The number of piperidine rings is 1. The van der Waals surface area contributed by atoms with Gasteiger partial charge in [0, 0.05) is 29.7 Å². The molecule has 1 fully saturated rings. The Morgan fingerprint density at radius 3 is 2.71 bits per heavy atom. The molecule has 2 aromatic rings. The summed E-state index contributed by atoms with van der Waals surface area (Å²) in [6, 6.07) is 3.81. The Morgan fingerprint density at radius 1 is 1.33 bits per heavy atom. The van der Waals surface area contributed by atoms with Crippen LogP contribution >= 0.6 is 35.3 Å². The molecule has 0 aliphatic carbocycles. The molecule has 0 unspecified atom stereocenters. The van der Waals surface area contributed by atoms with Crippen LogP contribution in [-0.2, 0) is 6.54 Å². The highest BCUT2D eigenvalue weighted by molar-refractivity contribution is 7.15. The van der Waals surface area contributed by atoms with E-state index in [0.29, 0.717) is 11.0 Å². The molecular formula is C14H18Cl2N4S. The van der Waals surface area contributed by atoms with E-state index in [-0.39, 0.29) is 12.4 Å². The van der Waals surface area contributed by atoms with Crippen molar-refractivity contribution in [3.63, 3.8) is 0 Å². The Hall–Kier alpha value is -0.880. The molecule has 0 saturated carbocycles. The highest BCUT2D eigenvalue weighted by atomic mass is 35.5. The summed E-state index contributed by atoms with van der Waals surface area (Å²) in [6.07, 6.45) is 5.91. The third-order valence-electron chi connectivity index (χ3n) is 3.71. The van der Waals surface area contributed by atoms with Gasteiger partial charge in [0.2, 0.25) is 0 Å². The zero-order chi connectivity index (χ0) is 13.9. The van der Waals surface area contributed by atoms with Crippen molar-refractivity contribution >= 4 is 40.5 Å². The lowest BCUT2D eigenvalue weighted by Gasteiger charge is -2.31. The molecule has 4 nitrogen and oxygen atoms in total. The van der Waals surface area contributed by atoms with E-state index in [1.807, 2.05) is 24.5 Å². The number of nitrogens with zero attached hydrogens (tertiary/aromatic N) is 3. The number of likely N-dealkylation sites (tertiary alicyclic amines) is 1. The number of aromatic nitrogens is 2. The van der Waals surface area contributed by atoms with Crippen molar-refractivity contribution in [2.24, 2.45) is 0 Å². The molecule has 1 saturated heterocycles. The van der Waals surface area contributed by atoms with Gasteiger partial charge in [0.15, 0.2) is 5.13 Å². The lowest BCUT2D eigenvalue weighted by molar-refractivity contribution is 0.205. The number of nitrogens with two attached hydrogens (primary N) is 1. The van der Waals surface area contributed by atoms with E-state index in [4.69, 9.17) is 17.3 Å². The molecule has 0 radical (unpaired) electrons. The summed E-state index contributed by atoms with van der Waals surface area (Å²) in [7, 11) is 0. The summed E-state index contributed by atoms with van der Waals surface area (Å²) in [5, 5.41) is 1.44. The molecule has 3 rings (SSSR count). The van der Waals surface area contributed by atoms with Gasteiger partial charge in [0.05, 0.1) is 10.7 Å². The van der Waals surface area contributed by atoms with Crippen molar-refractivity contribution in [2.45, 2.75) is 25.3 Å². The Balaban J connectivity index is 0.00000161. The lowest BCUT2D eigenvalue weighted by atomic mass is 9.93. The maximum atomic E-state index is 6.23. The van der Waals surface area contributed by atoms with Gasteiger partial charge in [-0.15, -0.1) is 23.7 Å². The van der Waals surface area contributed by atoms with Crippen LogP contribution in [0.25, 0.3) is 0 Å². The van der Waals surface area contributed by atoms with Crippen LogP contribution < -0.4 is 5.73 Å². The van der Waals surface area contributed by atoms with Crippen LogP contribution in [0.3, 0.4) is 0 Å². The average molecular weight is 345 g/mol. The van der Waals surface area contributed by atoms with Gasteiger partial charge in [-0.1, -0.05) is 11.6 Å². The molecule has 0 bridgehead atoms. The SMILES string of the molecule is Cl.Nc1ncc(CN2CCC(c3ncccc3Cl)CC2)s1.